The average molecular weight is 278 g/mol. The first-order chi connectivity index (χ1) is 9.69. The Morgan fingerprint density at radius 2 is 2.25 bits per heavy atom. The quantitative estimate of drug-likeness (QED) is 0.866. The van der Waals surface area contributed by atoms with Crippen LogP contribution in [-0.4, -0.2) is 47.7 Å². The first-order valence-corrected chi connectivity index (χ1v) is 7.61. The van der Waals surface area contributed by atoms with Gasteiger partial charge in [0, 0.05) is 18.7 Å². The van der Waals surface area contributed by atoms with Gasteiger partial charge in [-0.3, -0.25) is 0 Å². The van der Waals surface area contributed by atoms with Crippen molar-refractivity contribution in [2.75, 3.05) is 32.1 Å². The van der Waals surface area contributed by atoms with Crippen molar-refractivity contribution in [3.05, 3.63) is 11.9 Å². The molecule has 2 rings (SSSR count). The van der Waals surface area contributed by atoms with Gasteiger partial charge in [-0.2, -0.15) is 4.98 Å². The van der Waals surface area contributed by atoms with Crippen molar-refractivity contribution in [2.24, 2.45) is 0 Å². The zero-order valence-electron chi connectivity index (χ0n) is 12.9. The van der Waals surface area contributed by atoms with Crippen molar-refractivity contribution in [3.63, 3.8) is 0 Å². The van der Waals surface area contributed by atoms with Crippen molar-refractivity contribution in [2.45, 2.75) is 45.6 Å². The van der Waals surface area contributed by atoms with Gasteiger partial charge in [-0.1, -0.05) is 13.3 Å². The van der Waals surface area contributed by atoms with Crippen LogP contribution in [0.15, 0.2) is 6.07 Å². The number of rotatable bonds is 6. The molecule has 1 fully saturated rings. The topological polar surface area (TPSA) is 50.3 Å². The fourth-order valence-electron chi connectivity index (χ4n) is 2.49. The highest BCUT2D eigenvalue weighted by molar-refractivity contribution is 5.38. The molecule has 5 nitrogen and oxygen atoms in total. The average Bonchev–Trinajstić information content (AvgIpc) is 2.44. The van der Waals surface area contributed by atoms with Crippen LogP contribution in [0.2, 0.25) is 0 Å². The second-order valence-electron chi connectivity index (χ2n) is 5.51. The minimum atomic E-state index is 0.506. The van der Waals surface area contributed by atoms with Crippen molar-refractivity contribution < 1.29 is 4.74 Å². The molecular weight excluding hydrogens is 252 g/mol. The predicted octanol–water partition coefficient (Wildman–Crippen LogP) is 2.47. The molecule has 0 saturated carbocycles. The molecule has 0 spiro atoms. The highest BCUT2D eigenvalue weighted by atomic mass is 16.5. The lowest BCUT2D eigenvalue weighted by Crippen LogP contribution is -2.40. The Bertz CT molecular complexity index is 424. The summed E-state index contributed by atoms with van der Waals surface area (Å²) in [6.45, 7) is 6.83. The van der Waals surface area contributed by atoms with E-state index in [0.29, 0.717) is 18.5 Å². The number of aryl methyl sites for hydroxylation is 1. The second-order valence-corrected chi connectivity index (χ2v) is 5.51. The summed E-state index contributed by atoms with van der Waals surface area (Å²) in [5, 5.41) is 3.28. The highest BCUT2D eigenvalue weighted by Crippen LogP contribution is 2.18. The molecular formula is C15H26N4O. The number of hydrogen-bond donors (Lipinski definition) is 1. The van der Waals surface area contributed by atoms with E-state index in [1.807, 2.05) is 13.0 Å². The van der Waals surface area contributed by atoms with Crippen LogP contribution in [-0.2, 0) is 0 Å². The van der Waals surface area contributed by atoms with Gasteiger partial charge in [0.05, 0.1) is 0 Å². The third kappa shape index (κ3) is 4.34. The largest absolute Gasteiger partial charge is 0.476 e. The first kappa shape index (κ1) is 15.0. The molecule has 20 heavy (non-hydrogen) atoms. The Kier molecular flexibility index (Phi) is 5.59. The SMILES string of the molecule is CCCNc1cc(OCC2CCCCN2C)nc(C)n1. The Labute approximate surface area is 121 Å². The fourth-order valence-corrected chi connectivity index (χ4v) is 2.49. The van der Waals surface area contributed by atoms with E-state index in [4.69, 9.17) is 4.74 Å². The Hall–Kier alpha value is -1.36. The number of piperidine rings is 1. The van der Waals surface area contributed by atoms with Crippen LogP contribution < -0.4 is 10.1 Å². The Morgan fingerprint density at radius 3 is 3.00 bits per heavy atom. The van der Waals surface area contributed by atoms with Crippen LogP contribution >= 0.6 is 0 Å². The number of anilines is 1. The van der Waals surface area contributed by atoms with Gasteiger partial charge >= 0.3 is 0 Å². The summed E-state index contributed by atoms with van der Waals surface area (Å²) in [4.78, 5) is 11.1. The van der Waals surface area contributed by atoms with E-state index in [2.05, 4.69) is 34.2 Å². The summed E-state index contributed by atoms with van der Waals surface area (Å²) < 4.78 is 5.88. The summed E-state index contributed by atoms with van der Waals surface area (Å²) >= 11 is 0. The molecule has 5 heteroatoms. The maximum atomic E-state index is 5.88. The van der Waals surface area contributed by atoms with Gasteiger partial charge in [-0.25, -0.2) is 4.98 Å². The molecule has 0 aliphatic carbocycles. The molecule has 112 valence electrons. The number of hydrogen-bond acceptors (Lipinski definition) is 5. The number of likely N-dealkylation sites (N-methyl/N-ethyl adjacent to an activating group) is 1. The molecule has 2 heterocycles. The van der Waals surface area contributed by atoms with E-state index in [0.717, 1.165) is 24.6 Å². The van der Waals surface area contributed by atoms with E-state index in [1.54, 1.807) is 0 Å². The monoisotopic (exact) mass is 278 g/mol. The highest BCUT2D eigenvalue weighted by Gasteiger charge is 2.19. The lowest BCUT2D eigenvalue weighted by Gasteiger charge is -2.31. The second kappa shape index (κ2) is 7.43. The number of aromatic nitrogens is 2. The molecule has 1 saturated heterocycles. The number of ether oxygens (including phenoxy) is 1. The maximum Gasteiger partial charge on any atom is 0.218 e. The standard InChI is InChI=1S/C15H26N4O/c1-4-8-16-14-10-15(18-12(2)17-14)20-11-13-7-5-6-9-19(13)3/h10,13H,4-9,11H2,1-3H3,(H,16,17,18). The molecule has 1 N–H and O–H groups in total. The number of nitrogens with zero attached hydrogens (tertiary/aromatic N) is 3. The molecule has 0 radical (unpaired) electrons. The lowest BCUT2D eigenvalue weighted by atomic mass is 10.0. The van der Waals surface area contributed by atoms with Gasteiger partial charge in [-0.05, 0) is 39.8 Å². The van der Waals surface area contributed by atoms with E-state index in [-0.39, 0.29) is 0 Å². The van der Waals surface area contributed by atoms with Crippen LogP contribution in [0.5, 0.6) is 5.88 Å². The predicted molar refractivity (Wildman–Crippen MR) is 81.3 cm³/mol. The van der Waals surface area contributed by atoms with E-state index >= 15 is 0 Å². The fraction of sp³-hybridized carbons (Fsp3) is 0.733. The summed E-state index contributed by atoms with van der Waals surface area (Å²) in [5.74, 6) is 2.28. The molecule has 1 aromatic heterocycles. The minimum Gasteiger partial charge on any atom is -0.476 e. The van der Waals surface area contributed by atoms with Crippen molar-refractivity contribution in [1.29, 1.82) is 0 Å². The van der Waals surface area contributed by atoms with Gasteiger partial charge in [0.2, 0.25) is 5.88 Å². The van der Waals surface area contributed by atoms with E-state index < -0.39 is 0 Å². The summed E-state index contributed by atoms with van der Waals surface area (Å²) in [6, 6.07) is 2.40. The Morgan fingerprint density at radius 1 is 1.40 bits per heavy atom. The maximum absolute atomic E-state index is 5.88. The first-order valence-electron chi connectivity index (χ1n) is 7.61. The van der Waals surface area contributed by atoms with E-state index in [1.165, 1.54) is 25.8 Å². The van der Waals surface area contributed by atoms with Gasteiger partial charge < -0.3 is 15.0 Å². The molecule has 0 bridgehead atoms. The Balaban J connectivity index is 1.92. The third-order valence-corrected chi connectivity index (χ3v) is 3.72. The third-order valence-electron chi connectivity index (χ3n) is 3.72. The summed E-state index contributed by atoms with van der Waals surface area (Å²) in [5.41, 5.74) is 0. The molecule has 0 aromatic carbocycles. The molecule has 1 unspecified atom stereocenters. The van der Waals surface area contributed by atoms with Gasteiger partial charge in [-0.15, -0.1) is 0 Å². The van der Waals surface area contributed by atoms with Gasteiger partial charge in [0.15, 0.2) is 0 Å². The zero-order chi connectivity index (χ0) is 14.4. The molecule has 1 atom stereocenters. The zero-order valence-corrected chi connectivity index (χ0v) is 12.9. The molecule has 0 amide bonds. The smallest absolute Gasteiger partial charge is 0.218 e. The van der Waals surface area contributed by atoms with Crippen LogP contribution in [0.3, 0.4) is 0 Å². The van der Waals surface area contributed by atoms with Crippen LogP contribution in [0.25, 0.3) is 0 Å². The van der Waals surface area contributed by atoms with Crippen LogP contribution in [0, 0.1) is 6.92 Å². The summed E-state index contributed by atoms with van der Waals surface area (Å²) in [7, 11) is 2.17. The molecule has 1 aliphatic rings. The number of nitrogens with one attached hydrogen (secondary N) is 1. The van der Waals surface area contributed by atoms with E-state index in [9.17, 15) is 0 Å². The van der Waals surface area contributed by atoms with Crippen molar-refractivity contribution >= 4 is 5.82 Å². The van der Waals surface area contributed by atoms with Crippen molar-refractivity contribution in [1.82, 2.24) is 14.9 Å². The minimum absolute atomic E-state index is 0.506. The lowest BCUT2D eigenvalue weighted by molar-refractivity contribution is 0.122. The van der Waals surface area contributed by atoms with Crippen LogP contribution in [0.4, 0.5) is 5.82 Å². The molecule has 1 aromatic rings. The number of likely N-dealkylation sites (tertiary alicyclic amines) is 1. The normalized spacial score (nSPS) is 19.9. The summed E-state index contributed by atoms with van der Waals surface area (Å²) in [6.07, 6.45) is 4.88. The van der Waals surface area contributed by atoms with Gasteiger partial charge in [0.1, 0.15) is 18.2 Å². The molecule has 1 aliphatic heterocycles. The van der Waals surface area contributed by atoms with Crippen LogP contribution in [0.1, 0.15) is 38.4 Å². The van der Waals surface area contributed by atoms with Crippen molar-refractivity contribution in [3.8, 4) is 5.88 Å². The van der Waals surface area contributed by atoms with Gasteiger partial charge in [0.25, 0.3) is 0 Å².